The Morgan fingerprint density at radius 2 is 1.77 bits per heavy atom. The lowest BCUT2D eigenvalue weighted by molar-refractivity contribution is -0.123. The fraction of sp³-hybridized carbons (Fsp3) is 0.300. The van der Waals surface area contributed by atoms with Gasteiger partial charge in [-0.25, -0.2) is 4.79 Å². The summed E-state index contributed by atoms with van der Waals surface area (Å²) in [5, 5.41) is 2.72. The Kier molecular flexibility index (Phi) is 5.41. The van der Waals surface area contributed by atoms with E-state index in [2.05, 4.69) is 5.32 Å². The minimum atomic E-state index is -0.929. The Bertz CT molecular complexity index is 800. The van der Waals surface area contributed by atoms with Gasteiger partial charge in [0.2, 0.25) is 0 Å². The SMILES string of the molecule is CCc1ccc(C(=O)O[C@@H](C)C(=O)Nc2ccc3c(c2)OCCO3)cc1. The molecule has 0 radical (unpaired) electrons. The van der Waals surface area contributed by atoms with E-state index in [0.29, 0.717) is 36.0 Å². The molecule has 0 saturated heterocycles. The Morgan fingerprint density at radius 3 is 2.46 bits per heavy atom. The van der Waals surface area contributed by atoms with E-state index < -0.39 is 18.0 Å². The molecule has 6 heteroatoms. The molecule has 3 rings (SSSR count). The number of nitrogens with one attached hydrogen (secondary N) is 1. The molecule has 1 N–H and O–H groups in total. The maximum atomic E-state index is 12.3. The van der Waals surface area contributed by atoms with Gasteiger partial charge in [0.25, 0.3) is 5.91 Å². The molecule has 0 aromatic heterocycles. The maximum absolute atomic E-state index is 12.3. The smallest absolute Gasteiger partial charge is 0.338 e. The van der Waals surface area contributed by atoms with Crippen LogP contribution in [-0.2, 0) is 16.0 Å². The van der Waals surface area contributed by atoms with Gasteiger partial charge in [0.15, 0.2) is 17.6 Å². The number of ether oxygens (including phenoxy) is 3. The van der Waals surface area contributed by atoms with Crippen LogP contribution in [-0.4, -0.2) is 31.2 Å². The zero-order valence-corrected chi connectivity index (χ0v) is 14.8. The molecule has 0 spiro atoms. The van der Waals surface area contributed by atoms with Crippen LogP contribution in [0.1, 0.15) is 29.8 Å². The summed E-state index contributed by atoms with van der Waals surface area (Å²) in [5.41, 5.74) is 2.10. The number of aryl methyl sites for hydroxylation is 1. The van der Waals surface area contributed by atoms with Crippen molar-refractivity contribution >= 4 is 17.6 Å². The van der Waals surface area contributed by atoms with E-state index in [1.807, 2.05) is 19.1 Å². The van der Waals surface area contributed by atoms with Gasteiger partial charge in [-0.2, -0.15) is 0 Å². The van der Waals surface area contributed by atoms with E-state index in [9.17, 15) is 9.59 Å². The predicted octanol–water partition coefficient (Wildman–Crippen LogP) is 3.20. The van der Waals surface area contributed by atoms with Crippen molar-refractivity contribution in [2.75, 3.05) is 18.5 Å². The molecule has 136 valence electrons. The van der Waals surface area contributed by atoms with Gasteiger partial charge in [0.1, 0.15) is 13.2 Å². The van der Waals surface area contributed by atoms with Gasteiger partial charge in [0, 0.05) is 11.8 Å². The summed E-state index contributed by atoms with van der Waals surface area (Å²) in [5.74, 6) is 0.275. The minimum absolute atomic E-state index is 0.416. The second-order valence-electron chi connectivity index (χ2n) is 5.95. The van der Waals surface area contributed by atoms with Crippen LogP contribution < -0.4 is 14.8 Å². The summed E-state index contributed by atoms with van der Waals surface area (Å²) in [6.45, 7) is 4.55. The van der Waals surface area contributed by atoms with Crippen molar-refractivity contribution in [3.63, 3.8) is 0 Å². The summed E-state index contributed by atoms with van der Waals surface area (Å²) >= 11 is 0. The number of anilines is 1. The highest BCUT2D eigenvalue weighted by atomic mass is 16.6. The fourth-order valence-electron chi connectivity index (χ4n) is 2.52. The first-order valence-electron chi connectivity index (χ1n) is 8.57. The average Bonchev–Trinajstić information content (AvgIpc) is 2.67. The second kappa shape index (κ2) is 7.91. The standard InChI is InChI=1S/C20H21NO5/c1-3-14-4-6-15(7-5-14)20(23)26-13(2)19(22)21-16-8-9-17-18(12-16)25-11-10-24-17/h4-9,12-13H,3,10-11H2,1-2H3,(H,21,22)/t13-/m0/s1. The summed E-state index contributed by atoms with van der Waals surface area (Å²) in [7, 11) is 0. The van der Waals surface area contributed by atoms with Crippen LogP contribution in [0.3, 0.4) is 0 Å². The van der Waals surface area contributed by atoms with Crippen LogP contribution in [0.4, 0.5) is 5.69 Å². The number of hydrogen-bond donors (Lipinski definition) is 1. The summed E-state index contributed by atoms with van der Waals surface area (Å²) in [6.07, 6.45) is -0.0366. The summed E-state index contributed by atoms with van der Waals surface area (Å²) in [6, 6.07) is 12.3. The zero-order chi connectivity index (χ0) is 18.5. The third-order valence-corrected chi connectivity index (χ3v) is 4.06. The van der Waals surface area contributed by atoms with Crippen molar-refractivity contribution < 1.29 is 23.8 Å². The largest absolute Gasteiger partial charge is 0.486 e. The Morgan fingerprint density at radius 1 is 1.08 bits per heavy atom. The molecule has 0 bridgehead atoms. The molecule has 0 saturated carbocycles. The van der Waals surface area contributed by atoms with Gasteiger partial charge in [-0.3, -0.25) is 4.79 Å². The highest BCUT2D eigenvalue weighted by Crippen LogP contribution is 2.32. The molecule has 0 unspecified atom stereocenters. The topological polar surface area (TPSA) is 73.9 Å². The molecule has 1 amide bonds. The third kappa shape index (κ3) is 4.14. The van der Waals surface area contributed by atoms with Crippen molar-refractivity contribution in [1.82, 2.24) is 0 Å². The maximum Gasteiger partial charge on any atom is 0.338 e. The molecule has 26 heavy (non-hydrogen) atoms. The molecule has 0 aliphatic carbocycles. The van der Waals surface area contributed by atoms with Crippen molar-refractivity contribution in [1.29, 1.82) is 0 Å². The fourth-order valence-corrected chi connectivity index (χ4v) is 2.52. The van der Waals surface area contributed by atoms with E-state index in [0.717, 1.165) is 12.0 Å². The number of fused-ring (bicyclic) bond motifs is 1. The lowest BCUT2D eigenvalue weighted by atomic mass is 10.1. The van der Waals surface area contributed by atoms with E-state index in [1.54, 1.807) is 30.3 Å². The third-order valence-electron chi connectivity index (χ3n) is 4.06. The zero-order valence-electron chi connectivity index (χ0n) is 14.8. The highest BCUT2D eigenvalue weighted by molar-refractivity contribution is 5.97. The molecule has 1 heterocycles. The van der Waals surface area contributed by atoms with Gasteiger partial charge < -0.3 is 19.5 Å². The molecular weight excluding hydrogens is 334 g/mol. The Hall–Kier alpha value is -3.02. The average molecular weight is 355 g/mol. The number of hydrogen-bond acceptors (Lipinski definition) is 5. The van der Waals surface area contributed by atoms with Gasteiger partial charge in [-0.05, 0) is 43.2 Å². The molecule has 2 aromatic carbocycles. The van der Waals surface area contributed by atoms with Gasteiger partial charge in [-0.1, -0.05) is 19.1 Å². The number of amides is 1. The van der Waals surface area contributed by atoms with Crippen LogP contribution in [0.5, 0.6) is 11.5 Å². The van der Waals surface area contributed by atoms with Gasteiger partial charge >= 0.3 is 5.97 Å². The van der Waals surface area contributed by atoms with Crippen LogP contribution in [0, 0.1) is 0 Å². The summed E-state index contributed by atoms with van der Waals surface area (Å²) < 4.78 is 16.2. The van der Waals surface area contributed by atoms with E-state index >= 15 is 0 Å². The van der Waals surface area contributed by atoms with Crippen LogP contribution in [0.15, 0.2) is 42.5 Å². The lowest BCUT2D eigenvalue weighted by Crippen LogP contribution is -2.30. The van der Waals surface area contributed by atoms with Crippen LogP contribution in [0.2, 0.25) is 0 Å². The first-order chi connectivity index (χ1) is 12.6. The van der Waals surface area contributed by atoms with Gasteiger partial charge in [-0.15, -0.1) is 0 Å². The molecule has 6 nitrogen and oxygen atoms in total. The number of benzene rings is 2. The molecule has 2 aromatic rings. The number of carbonyl (C=O) groups excluding carboxylic acids is 2. The molecule has 1 aliphatic heterocycles. The highest BCUT2D eigenvalue weighted by Gasteiger charge is 2.20. The molecular formula is C20H21NO5. The number of esters is 1. The Balaban J connectivity index is 1.59. The number of rotatable bonds is 5. The van der Waals surface area contributed by atoms with Crippen LogP contribution in [0.25, 0.3) is 0 Å². The Labute approximate surface area is 152 Å². The van der Waals surface area contributed by atoms with E-state index in [-0.39, 0.29) is 0 Å². The molecule has 1 atom stereocenters. The van der Waals surface area contributed by atoms with E-state index in [4.69, 9.17) is 14.2 Å². The summed E-state index contributed by atoms with van der Waals surface area (Å²) in [4.78, 5) is 24.5. The van der Waals surface area contributed by atoms with Crippen molar-refractivity contribution in [3.05, 3.63) is 53.6 Å². The van der Waals surface area contributed by atoms with Crippen molar-refractivity contribution in [2.24, 2.45) is 0 Å². The lowest BCUT2D eigenvalue weighted by Gasteiger charge is -2.19. The number of carbonyl (C=O) groups is 2. The normalized spacial score (nSPS) is 13.6. The van der Waals surface area contributed by atoms with E-state index in [1.165, 1.54) is 6.92 Å². The van der Waals surface area contributed by atoms with Crippen LogP contribution >= 0.6 is 0 Å². The first-order valence-corrected chi connectivity index (χ1v) is 8.57. The monoisotopic (exact) mass is 355 g/mol. The quantitative estimate of drug-likeness (QED) is 0.834. The first kappa shape index (κ1) is 17.8. The van der Waals surface area contributed by atoms with Gasteiger partial charge in [0.05, 0.1) is 5.56 Å². The van der Waals surface area contributed by atoms with Crippen molar-refractivity contribution in [2.45, 2.75) is 26.4 Å². The molecule has 1 aliphatic rings. The predicted molar refractivity (Wildman–Crippen MR) is 96.8 cm³/mol. The minimum Gasteiger partial charge on any atom is -0.486 e. The van der Waals surface area contributed by atoms with Crippen molar-refractivity contribution in [3.8, 4) is 11.5 Å². The second-order valence-corrected chi connectivity index (χ2v) is 5.95. The molecule has 0 fully saturated rings.